The Hall–Kier alpha value is -2.56. The van der Waals surface area contributed by atoms with Crippen molar-refractivity contribution in [2.75, 3.05) is 37.3 Å². The third kappa shape index (κ3) is 10.7. The Bertz CT molecular complexity index is 905. The van der Waals surface area contributed by atoms with Gasteiger partial charge in [0.2, 0.25) is 10.3 Å². The summed E-state index contributed by atoms with van der Waals surface area (Å²) in [5, 5.41) is 7.76. The van der Waals surface area contributed by atoms with E-state index < -0.39 is 11.9 Å². The number of rotatable bonds is 12. The molecule has 0 unspecified atom stereocenters. The zero-order valence-electron chi connectivity index (χ0n) is 16.9. The second kappa shape index (κ2) is 14.6. The topological polar surface area (TPSA) is 111 Å². The first-order valence-corrected chi connectivity index (χ1v) is 10.8. The van der Waals surface area contributed by atoms with Crippen LogP contribution in [-0.4, -0.2) is 48.7 Å². The molecule has 0 amide bonds. The summed E-state index contributed by atoms with van der Waals surface area (Å²) in [5.74, 6) is -1.66. The lowest BCUT2D eigenvalue weighted by atomic mass is 10.3. The summed E-state index contributed by atoms with van der Waals surface area (Å²) in [6.07, 6.45) is 0. The second-order valence-corrected chi connectivity index (χ2v) is 7.52. The van der Waals surface area contributed by atoms with E-state index >= 15 is 0 Å². The van der Waals surface area contributed by atoms with Crippen molar-refractivity contribution >= 4 is 80.1 Å². The molecule has 176 valence electrons. The first kappa shape index (κ1) is 26.7. The monoisotopic (exact) mass is 534 g/mol. The molecular weight excluding hydrogens is 518 g/mol. The Morgan fingerprint density at radius 3 is 1.39 bits per heavy atom. The normalized spacial score (nSPS) is 11.6. The maximum absolute atomic E-state index is 11.7. The number of nitrogens with one attached hydrogen (secondary N) is 2. The standard InChI is InChI=1S/C20H18Cl4N4O5/c21-13-1-5-15(6-2-13)25-27-17(23)19(29)32-11-9-31-10-12-33-20(30)18(24)28-26-16-7-3-14(22)4-8-16/h1-8,25-26H,9-12H2/b27-17-,28-18-. The first-order chi connectivity index (χ1) is 15.8. The number of ether oxygens (including phenoxy) is 3. The van der Waals surface area contributed by atoms with Crippen molar-refractivity contribution < 1.29 is 23.8 Å². The van der Waals surface area contributed by atoms with Crippen LogP contribution in [0.5, 0.6) is 0 Å². The number of halogens is 4. The molecule has 0 aliphatic rings. The molecule has 2 aromatic rings. The van der Waals surface area contributed by atoms with Crippen LogP contribution in [0.1, 0.15) is 0 Å². The Labute approximate surface area is 209 Å². The summed E-state index contributed by atoms with van der Waals surface area (Å²) >= 11 is 23.1. The summed E-state index contributed by atoms with van der Waals surface area (Å²) in [5.41, 5.74) is 6.38. The Balaban J connectivity index is 1.56. The number of hydrogen-bond acceptors (Lipinski definition) is 9. The first-order valence-electron chi connectivity index (χ1n) is 9.26. The third-order valence-electron chi connectivity index (χ3n) is 3.51. The number of anilines is 2. The predicted molar refractivity (Wildman–Crippen MR) is 129 cm³/mol. The molecule has 0 aliphatic heterocycles. The largest absolute Gasteiger partial charge is 0.458 e. The van der Waals surface area contributed by atoms with Crippen LogP contribution in [0.15, 0.2) is 58.7 Å². The summed E-state index contributed by atoms with van der Waals surface area (Å²) in [6.45, 7) is -0.0462. The highest BCUT2D eigenvalue weighted by Crippen LogP contribution is 2.14. The Morgan fingerprint density at radius 1 is 0.667 bits per heavy atom. The van der Waals surface area contributed by atoms with E-state index in [9.17, 15) is 9.59 Å². The van der Waals surface area contributed by atoms with Gasteiger partial charge in [0.1, 0.15) is 13.2 Å². The van der Waals surface area contributed by atoms with Gasteiger partial charge in [0.15, 0.2) is 0 Å². The minimum Gasteiger partial charge on any atom is -0.458 e. The lowest BCUT2D eigenvalue weighted by Gasteiger charge is -2.07. The minimum atomic E-state index is -0.829. The van der Waals surface area contributed by atoms with Crippen LogP contribution < -0.4 is 10.9 Å². The highest BCUT2D eigenvalue weighted by Gasteiger charge is 2.11. The number of hydrazone groups is 2. The van der Waals surface area contributed by atoms with Crippen LogP contribution in [0, 0.1) is 0 Å². The highest BCUT2D eigenvalue weighted by molar-refractivity contribution is 6.82. The lowest BCUT2D eigenvalue weighted by Crippen LogP contribution is -2.19. The fraction of sp³-hybridized carbons (Fsp3) is 0.200. The van der Waals surface area contributed by atoms with E-state index in [1.807, 2.05) is 0 Å². The molecule has 0 saturated carbocycles. The number of nitrogens with zero attached hydrogens (tertiary/aromatic N) is 2. The molecule has 0 atom stereocenters. The number of carbonyl (C=O) groups is 2. The average Bonchev–Trinajstić information content (AvgIpc) is 2.82. The summed E-state index contributed by atoms with van der Waals surface area (Å²) in [4.78, 5) is 23.5. The highest BCUT2D eigenvalue weighted by atomic mass is 35.5. The fourth-order valence-electron chi connectivity index (χ4n) is 1.98. The van der Waals surface area contributed by atoms with E-state index in [4.69, 9.17) is 60.6 Å². The molecule has 2 N–H and O–H groups in total. The number of benzene rings is 2. The van der Waals surface area contributed by atoms with Gasteiger partial charge >= 0.3 is 11.9 Å². The quantitative estimate of drug-likeness (QED) is 0.175. The van der Waals surface area contributed by atoms with Gasteiger partial charge in [-0.05, 0) is 48.5 Å². The van der Waals surface area contributed by atoms with Crippen LogP contribution in [0.25, 0.3) is 0 Å². The van der Waals surface area contributed by atoms with Crippen LogP contribution in [0.4, 0.5) is 11.4 Å². The van der Waals surface area contributed by atoms with Crippen LogP contribution in [0.3, 0.4) is 0 Å². The molecule has 0 spiro atoms. The molecule has 0 bridgehead atoms. The second-order valence-electron chi connectivity index (χ2n) is 5.93. The van der Waals surface area contributed by atoms with Crippen molar-refractivity contribution in [2.24, 2.45) is 10.2 Å². The smallest absolute Gasteiger partial charge is 0.370 e. The minimum absolute atomic E-state index is 0.0536. The average molecular weight is 536 g/mol. The van der Waals surface area contributed by atoms with Crippen LogP contribution in [-0.2, 0) is 23.8 Å². The fourth-order valence-corrected chi connectivity index (χ4v) is 2.42. The molecule has 0 heterocycles. The summed E-state index contributed by atoms with van der Waals surface area (Å²) in [7, 11) is 0. The van der Waals surface area contributed by atoms with Gasteiger partial charge in [-0.1, -0.05) is 46.4 Å². The molecule has 0 aromatic heterocycles. The maximum atomic E-state index is 11.7. The lowest BCUT2D eigenvalue weighted by molar-refractivity contribution is -0.138. The Morgan fingerprint density at radius 2 is 1.03 bits per heavy atom. The van der Waals surface area contributed by atoms with E-state index in [1.54, 1.807) is 48.5 Å². The van der Waals surface area contributed by atoms with Gasteiger partial charge in [-0.25, -0.2) is 9.59 Å². The predicted octanol–water partition coefficient (Wildman–Crippen LogP) is 4.73. The van der Waals surface area contributed by atoms with E-state index in [0.717, 1.165) is 0 Å². The number of esters is 2. The van der Waals surface area contributed by atoms with Crippen molar-refractivity contribution in [1.29, 1.82) is 0 Å². The molecule has 0 radical (unpaired) electrons. The van der Waals surface area contributed by atoms with Crippen LogP contribution >= 0.6 is 46.4 Å². The maximum Gasteiger partial charge on any atom is 0.370 e. The summed E-state index contributed by atoms with van der Waals surface area (Å²) in [6, 6.07) is 13.3. The number of hydrogen-bond donors (Lipinski definition) is 2. The van der Waals surface area contributed by atoms with Crippen molar-refractivity contribution in [3.05, 3.63) is 58.6 Å². The van der Waals surface area contributed by atoms with E-state index in [1.165, 1.54) is 0 Å². The molecule has 9 nitrogen and oxygen atoms in total. The SMILES string of the molecule is O=C(OCCOCCOC(=O)/C(Cl)=N/Nc1ccc(Cl)cc1)/C(Cl)=N/Nc1ccc(Cl)cc1. The van der Waals surface area contributed by atoms with Gasteiger partial charge in [0.25, 0.3) is 0 Å². The number of carbonyl (C=O) groups excluding carboxylic acids is 2. The van der Waals surface area contributed by atoms with E-state index in [-0.39, 0.29) is 36.8 Å². The molecular formula is C20H18Cl4N4O5. The van der Waals surface area contributed by atoms with Crippen molar-refractivity contribution in [3.63, 3.8) is 0 Å². The molecule has 13 heteroatoms. The van der Waals surface area contributed by atoms with Gasteiger partial charge < -0.3 is 14.2 Å². The van der Waals surface area contributed by atoms with E-state index in [0.29, 0.717) is 21.4 Å². The molecule has 2 aromatic carbocycles. The van der Waals surface area contributed by atoms with Gasteiger partial charge in [-0.15, -0.1) is 0 Å². The Kier molecular flexibility index (Phi) is 11.8. The third-order valence-corrected chi connectivity index (χ3v) is 4.49. The molecule has 2 rings (SSSR count). The zero-order valence-corrected chi connectivity index (χ0v) is 19.9. The van der Waals surface area contributed by atoms with Gasteiger partial charge in [0, 0.05) is 10.0 Å². The molecule has 0 fully saturated rings. The molecule has 33 heavy (non-hydrogen) atoms. The van der Waals surface area contributed by atoms with Crippen LogP contribution in [0.2, 0.25) is 10.0 Å². The van der Waals surface area contributed by atoms with Gasteiger partial charge in [-0.2, -0.15) is 10.2 Å². The zero-order chi connectivity index (χ0) is 24.1. The van der Waals surface area contributed by atoms with Crippen molar-refractivity contribution in [3.8, 4) is 0 Å². The molecule has 0 saturated heterocycles. The molecule has 0 aliphatic carbocycles. The van der Waals surface area contributed by atoms with Crippen molar-refractivity contribution in [2.45, 2.75) is 0 Å². The van der Waals surface area contributed by atoms with Gasteiger partial charge in [-0.3, -0.25) is 10.9 Å². The van der Waals surface area contributed by atoms with Gasteiger partial charge in [0.05, 0.1) is 24.6 Å². The van der Waals surface area contributed by atoms with E-state index in [2.05, 4.69) is 21.1 Å². The summed E-state index contributed by atoms with van der Waals surface area (Å²) < 4.78 is 15.0. The van der Waals surface area contributed by atoms with Crippen molar-refractivity contribution in [1.82, 2.24) is 0 Å².